The van der Waals surface area contributed by atoms with Crippen LogP contribution < -0.4 is 5.32 Å². The van der Waals surface area contributed by atoms with Crippen molar-refractivity contribution in [2.24, 2.45) is 0 Å². The second kappa shape index (κ2) is 9.20. The molecule has 2 aromatic rings. The summed E-state index contributed by atoms with van der Waals surface area (Å²) in [5.74, 6) is -1.01. The van der Waals surface area contributed by atoms with Crippen LogP contribution in [0.15, 0.2) is 48.5 Å². The van der Waals surface area contributed by atoms with E-state index < -0.39 is 17.4 Å². The van der Waals surface area contributed by atoms with Crippen LogP contribution in [0.3, 0.4) is 0 Å². The molecule has 0 aliphatic rings. The molecule has 0 aromatic heterocycles. The molecular weight excluding hydrogens is 379 g/mol. The van der Waals surface area contributed by atoms with Crippen molar-refractivity contribution in [3.63, 3.8) is 0 Å². The molecule has 0 unspecified atom stereocenters. The third-order valence-electron chi connectivity index (χ3n) is 4.26. The Balaban J connectivity index is 2.29. The summed E-state index contributed by atoms with van der Waals surface area (Å²) in [6.07, 6.45) is 0.0290. The highest BCUT2D eigenvalue weighted by atomic mass is 35.5. The Hall–Kier alpha value is -2.40. The number of carbonyl (C=O) groups excluding carboxylic acids is 2. The van der Waals surface area contributed by atoms with E-state index in [1.165, 1.54) is 11.0 Å². The van der Waals surface area contributed by atoms with Crippen LogP contribution in [0, 0.1) is 5.82 Å². The first kappa shape index (κ1) is 21.9. The molecule has 2 amide bonds. The normalized spacial score (nSPS) is 12.4. The predicted molar refractivity (Wildman–Crippen MR) is 109 cm³/mol. The van der Waals surface area contributed by atoms with E-state index in [-0.39, 0.29) is 24.8 Å². The quantitative estimate of drug-likeness (QED) is 0.777. The largest absolute Gasteiger partial charge is 0.350 e. The van der Waals surface area contributed by atoms with Gasteiger partial charge in [0.25, 0.3) is 0 Å². The Morgan fingerprint density at radius 2 is 1.64 bits per heavy atom. The number of nitrogens with zero attached hydrogens (tertiary/aromatic N) is 1. The summed E-state index contributed by atoms with van der Waals surface area (Å²) in [7, 11) is 0. The smallest absolute Gasteiger partial charge is 0.242 e. The van der Waals surface area contributed by atoms with Crippen LogP contribution in [0.1, 0.15) is 38.8 Å². The number of hydrogen-bond donors (Lipinski definition) is 1. The molecule has 0 aliphatic heterocycles. The van der Waals surface area contributed by atoms with Crippen molar-refractivity contribution in [2.45, 2.75) is 52.2 Å². The Morgan fingerprint density at radius 3 is 2.21 bits per heavy atom. The number of nitrogens with one attached hydrogen (secondary N) is 1. The van der Waals surface area contributed by atoms with E-state index in [0.717, 1.165) is 0 Å². The molecule has 150 valence electrons. The van der Waals surface area contributed by atoms with Crippen molar-refractivity contribution in [3.05, 3.63) is 70.5 Å². The van der Waals surface area contributed by atoms with Crippen molar-refractivity contribution < 1.29 is 14.0 Å². The summed E-state index contributed by atoms with van der Waals surface area (Å²) in [4.78, 5) is 27.1. The number of hydrogen-bond acceptors (Lipinski definition) is 2. The molecule has 0 saturated heterocycles. The minimum atomic E-state index is -0.770. The molecule has 2 aromatic carbocycles. The molecule has 4 nitrogen and oxygen atoms in total. The second-order valence-electron chi connectivity index (χ2n) is 7.80. The SMILES string of the molecule is C[C@@H](C(=O)NC(C)(C)C)N(Cc1ccccc1F)C(=O)Cc1ccccc1Cl. The molecule has 28 heavy (non-hydrogen) atoms. The van der Waals surface area contributed by atoms with E-state index in [1.54, 1.807) is 49.4 Å². The van der Waals surface area contributed by atoms with E-state index in [0.29, 0.717) is 16.1 Å². The highest BCUT2D eigenvalue weighted by molar-refractivity contribution is 6.31. The van der Waals surface area contributed by atoms with Gasteiger partial charge in [-0.3, -0.25) is 9.59 Å². The van der Waals surface area contributed by atoms with Crippen LogP contribution in [0.5, 0.6) is 0 Å². The second-order valence-corrected chi connectivity index (χ2v) is 8.20. The molecule has 0 saturated carbocycles. The van der Waals surface area contributed by atoms with Crippen LogP contribution >= 0.6 is 11.6 Å². The zero-order valence-electron chi connectivity index (χ0n) is 16.6. The van der Waals surface area contributed by atoms with Crippen molar-refractivity contribution in [2.75, 3.05) is 0 Å². The van der Waals surface area contributed by atoms with Crippen LogP contribution in [-0.2, 0) is 22.6 Å². The molecule has 0 fully saturated rings. The summed E-state index contributed by atoms with van der Waals surface area (Å²) >= 11 is 6.18. The summed E-state index contributed by atoms with van der Waals surface area (Å²) in [5, 5.41) is 3.36. The fourth-order valence-electron chi connectivity index (χ4n) is 2.77. The molecule has 0 heterocycles. The lowest BCUT2D eigenvalue weighted by molar-refractivity contribution is -0.140. The van der Waals surface area contributed by atoms with Gasteiger partial charge in [-0.15, -0.1) is 0 Å². The Bertz CT molecular complexity index is 848. The first-order valence-electron chi connectivity index (χ1n) is 9.17. The number of benzene rings is 2. The van der Waals surface area contributed by atoms with Gasteiger partial charge in [0.1, 0.15) is 11.9 Å². The van der Waals surface area contributed by atoms with Gasteiger partial charge in [0.05, 0.1) is 6.42 Å². The molecule has 0 bridgehead atoms. The molecule has 1 N–H and O–H groups in total. The average Bonchev–Trinajstić information content (AvgIpc) is 2.61. The lowest BCUT2D eigenvalue weighted by atomic mass is 10.1. The zero-order chi connectivity index (χ0) is 20.9. The minimum absolute atomic E-state index is 0.00527. The van der Waals surface area contributed by atoms with Gasteiger partial charge in [0.15, 0.2) is 0 Å². The predicted octanol–water partition coefficient (Wildman–Crippen LogP) is 4.35. The maximum Gasteiger partial charge on any atom is 0.242 e. The van der Waals surface area contributed by atoms with E-state index in [1.807, 2.05) is 20.8 Å². The third-order valence-corrected chi connectivity index (χ3v) is 4.63. The molecule has 2 rings (SSSR count). The van der Waals surface area contributed by atoms with Gasteiger partial charge >= 0.3 is 0 Å². The standard InChI is InChI=1S/C22H26ClFN2O2/c1-15(21(28)25-22(2,3)4)26(14-17-10-6-8-12-19(17)24)20(27)13-16-9-5-7-11-18(16)23/h5-12,15H,13-14H2,1-4H3,(H,25,28)/t15-/m0/s1. The fraction of sp³-hybridized carbons (Fsp3) is 0.364. The fourth-order valence-corrected chi connectivity index (χ4v) is 2.98. The van der Waals surface area contributed by atoms with E-state index >= 15 is 0 Å². The first-order chi connectivity index (χ1) is 13.1. The van der Waals surface area contributed by atoms with Crippen molar-refractivity contribution in [1.29, 1.82) is 0 Å². The molecule has 0 aliphatic carbocycles. The monoisotopic (exact) mass is 404 g/mol. The third kappa shape index (κ3) is 6.06. The van der Waals surface area contributed by atoms with Gasteiger partial charge < -0.3 is 10.2 Å². The Kier molecular flexibility index (Phi) is 7.19. The molecule has 0 radical (unpaired) electrons. The van der Waals surface area contributed by atoms with Gasteiger partial charge in [-0.1, -0.05) is 48.0 Å². The maximum absolute atomic E-state index is 14.2. The Morgan fingerprint density at radius 1 is 1.07 bits per heavy atom. The lowest BCUT2D eigenvalue weighted by Gasteiger charge is -2.31. The van der Waals surface area contributed by atoms with Gasteiger partial charge in [-0.25, -0.2) is 4.39 Å². The van der Waals surface area contributed by atoms with Crippen LogP contribution in [-0.4, -0.2) is 28.3 Å². The van der Waals surface area contributed by atoms with Crippen molar-refractivity contribution in [3.8, 4) is 0 Å². The van der Waals surface area contributed by atoms with Gasteiger partial charge in [0.2, 0.25) is 11.8 Å². The van der Waals surface area contributed by atoms with Gasteiger partial charge in [0, 0.05) is 22.7 Å². The van der Waals surface area contributed by atoms with Gasteiger partial charge in [-0.05, 0) is 45.4 Å². The molecule has 1 atom stereocenters. The zero-order valence-corrected chi connectivity index (χ0v) is 17.4. The number of rotatable bonds is 6. The summed E-state index contributed by atoms with van der Waals surface area (Å²) < 4.78 is 14.2. The van der Waals surface area contributed by atoms with Crippen LogP contribution in [0.2, 0.25) is 5.02 Å². The topological polar surface area (TPSA) is 49.4 Å². The van der Waals surface area contributed by atoms with E-state index in [2.05, 4.69) is 5.32 Å². The number of amides is 2. The van der Waals surface area contributed by atoms with Crippen LogP contribution in [0.25, 0.3) is 0 Å². The molecule has 6 heteroatoms. The highest BCUT2D eigenvalue weighted by Gasteiger charge is 2.29. The van der Waals surface area contributed by atoms with E-state index in [9.17, 15) is 14.0 Å². The lowest BCUT2D eigenvalue weighted by Crippen LogP contribution is -2.52. The van der Waals surface area contributed by atoms with Crippen molar-refractivity contribution in [1.82, 2.24) is 10.2 Å². The molecule has 0 spiro atoms. The molecular formula is C22H26ClFN2O2. The number of halogens is 2. The maximum atomic E-state index is 14.2. The van der Waals surface area contributed by atoms with Crippen molar-refractivity contribution >= 4 is 23.4 Å². The first-order valence-corrected chi connectivity index (χ1v) is 9.54. The Labute approximate surface area is 170 Å². The minimum Gasteiger partial charge on any atom is -0.350 e. The average molecular weight is 405 g/mol. The summed E-state index contributed by atoms with van der Waals surface area (Å²) in [6.45, 7) is 7.24. The van der Waals surface area contributed by atoms with E-state index in [4.69, 9.17) is 11.6 Å². The summed E-state index contributed by atoms with van der Waals surface area (Å²) in [5.41, 5.74) is 0.572. The highest BCUT2D eigenvalue weighted by Crippen LogP contribution is 2.19. The van der Waals surface area contributed by atoms with Gasteiger partial charge in [-0.2, -0.15) is 0 Å². The summed E-state index contributed by atoms with van der Waals surface area (Å²) in [6, 6.07) is 12.5. The van der Waals surface area contributed by atoms with Crippen LogP contribution in [0.4, 0.5) is 4.39 Å². The number of carbonyl (C=O) groups is 2.